The van der Waals surface area contributed by atoms with Crippen LogP contribution in [0.15, 0.2) is 22.3 Å². The summed E-state index contributed by atoms with van der Waals surface area (Å²) in [6.45, 7) is 0. The highest BCUT2D eigenvalue weighted by Crippen LogP contribution is 2.00. The van der Waals surface area contributed by atoms with Crippen molar-refractivity contribution < 1.29 is 9.90 Å². The Labute approximate surface area is 92.9 Å². The Morgan fingerprint density at radius 2 is 1.77 bits per heavy atom. The molecule has 13 heavy (non-hydrogen) atoms. The molecule has 74 valence electrons. The van der Waals surface area contributed by atoms with Crippen molar-refractivity contribution in [2.45, 2.75) is 32.1 Å². The van der Waals surface area contributed by atoms with Gasteiger partial charge in [-0.2, -0.15) is 0 Å². The summed E-state index contributed by atoms with van der Waals surface area (Å²) in [7, 11) is 0. The van der Waals surface area contributed by atoms with Gasteiger partial charge >= 0.3 is 5.97 Å². The second-order valence-corrected chi connectivity index (χ2v) is 3.42. The normalized spacial score (nSPS) is 11.5. The smallest absolute Gasteiger partial charge is 0.303 e. The highest BCUT2D eigenvalue weighted by Gasteiger charge is 1.92. The largest absolute Gasteiger partial charge is 0.481 e. The molecule has 0 aromatic rings. The van der Waals surface area contributed by atoms with Gasteiger partial charge in [0.2, 0.25) is 0 Å². The maximum atomic E-state index is 10.1. The Morgan fingerprint density at radius 3 is 2.38 bits per heavy atom. The maximum absolute atomic E-state index is 10.1. The molecule has 0 heterocycles. The zero-order valence-electron chi connectivity index (χ0n) is 7.58. The molecule has 0 atom stereocenters. The Kier molecular flexibility index (Phi) is 9.53. The number of hydrogen-bond acceptors (Lipinski definition) is 1. The van der Waals surface area contributed by atoms with Gasteiger partial charge in [-0.3, -0.25) is 4.79 Å². The minimum atomic E-state index is -0.707. The summed E-state index contributed by atoms with van der Waals surface area (Å²) in [6.07, 6.45) is 10.3. The second kappa shape index (κ2) is 9.77. The molecule has 3 heteroatoms. The summed E-state index contributed by atoms with van der Waals surface area (Å²) < 4.78 is 2.01. The number of carboxylic acids is 1. The molecule has 0 aliphatic carbocycles. The van der Waals surface area contributed by atoms with Crippen molar-refractivity contribution >= 4 is 28.6 Å². The fraction of sp³-hybridized carbons (Fsp3) is 0.500. The van der Waals surface area contributed by atoms with E-state index < -0.39 is 5.97 Å². The molecule has 0 spiro atoms. The van der Waals surface area contributed by atoms with Gasteiger partial charge in [0.15, 0.2) is 0 Å². The first-order chi connectivity index (χ1) is 6.27. The standard InChI is InChI=1S/C10H15IO2/c11-9-7-5-3-1-2-4-6-8-10(12)13/h1-2,7,9H,3-6,8H2,(H,12,13)/b2-1-,9-7-. The van der Waals surface area contributed by atoms with Crippen molar-refractivity contribution in [3.63, 3.8) is 0 Å². The molecule has 2 nitrogen and oxygen atoms in total. The van der Waals surface area contributed by atoms with Crippen LogP contribution in [0.2, 0.25) is 0 Å². The van der Waals surface area contributed by atoms with Gasteiger partial charge in [0.05, 0.1) is 0 Å². The van der Waals surface area contributed by atoms with Crippen LogP contribution < -0.4 is 0 Å². The van der Waals surface area contributed by atoms with Crippen LogP contribution in [-0.4, -0.2) is 11.1 Å². The van der Waals surface area contributed by atoms with Crippen LogP contribution in [0.3, 0.4) is 0 Å². The van der Waals surface area contributed by atoms with Crippen LogP contribution in [0.5, 0.6) is 0 Å². The predicted molar refractivity (Wildman–Crippen MR) is 63.0 cm³/mol. The fourth-order valence-electron chi connectivity index (χ4n) is 0.862. The molecule has 0 rings (SSSR count). The summed E-state index contributed by atoms with van der Waals surface area (Å²) in [6, 6.07) is 0. The predicted octanol–water partition coefficient (Wildman–Crippen LogP) is 3.53. The summed E-state index contributed by atoms with van der Waals surface area (Å²) >= 11 is 2.20. The SMILES string of the molecule is O=C(O)CCC/C=C\CC/C=C\I. The number of allylic oxidation sites excluding steroid dienone is 3. The first-order valence-electron chi connectivity index (χ1n) is 4.39. The van der Waals surface area contributed by atoms with Gasteiger partial charge in [0.25, 0.3) is 0 Å². The van der Waals surface area contributed by atoms with Crippen molar-refractivity contribution in [3.05, 3.63) is 22.3 Å². The highest BCUT2D eigenvalue weighted by molar-refractivity contribution is 14.1. The average molecular weight is 294 g/mol. The lowest BCUT2D eigenvalue weighted by atomic mass is 10.2. The van der Waals surface area contributed by atoms with E-state index in [4.69, 9.17) is 5.11 Å². The maximum Gasteiger partial charge on any atom is 0.303 e. The first-order valence-corrected chi connectivity index (χ1v) is 5.64. The van der Waals surface area contributed by atoms with E-state index in [1.807, 2.05) is 4.08 Å². The van der Waals surface area contributed by atoms with Gasteiger partial charge in [0, 0.05) is 6.42 Å². The minimum absolute atomic E-state index is 0.276. The molecule has 0 aromatic heterocycles. The van der Waals surface area contributed by atoms with Crippen LogP contribution in [0.25, 0.3) is 0 Å². The molecular formula is C10H15IO2. The van der Waals surface area contributed by atoms with E-state index >= 15 is 0 Å². The van der Waals surface area contributed by atoms with Gasteiger partial charge in [-0.15, -0.1) is 0 Å². The zero-order valence-corrected chi connectivity index (χ0v) is 9.74. The molecule has 0 aromatic carbocycles. The van der Waals surface area contributed by atoms with Crippen molar-refractivity contribution in [1.29, 1.82) is 0 Å². The lowest BCUT2D eigenvalue weighted by Crippen LogP contribution is -1.92. The van der Waals surface area contributed by atoms with Gasteiger partial charge in [0.1, 0.15) is 0 Å². The third kappa shape index (κ3) is 11.7. The van der Waals surface area contributed by atoms with Gasteiger partial charge < -0.3 is 5.11 Å². The quantitative estimate of drug-likeness (QED) is 0.443. The molecule has 0 radical (unpaired) electrons. The van der Waals surface area contributed by atoms with E-state index in [0.717, 1.165) is 25.7 Å². The Balaban J connectivity index is 3.17. The molecule has 0 amide bonds. The molecular weight excluding hydrogens is 279 g/mol. The fourth-order valence-corrected chi connectivity index (χ4v) is 1.22. The van der Waals surface area contributed by atoms with Crippen LogP contribution in [0.1, 0.15) is 32.1 Å². The molecule has 0 aliphatic heterocycles. The molecule has 0 saturated heterocycles. The lowest BCUT2D eigenvalue weighted by Gasteiger charge is -1.90. The molecule has 0 fully saturated rings. The number of carboxylic acid groups (broad SMARTS) is 1. The topological polar surface area (TPSA) is 37.3 Å². The summed E-state index contributed by atoms with van der Waals surface area (Å²) in [5, 5.41) is 8.35. The third-order valence-electron chi connectivity index (χ3n) is 1.52. The van der Waals surface area contributed by atoms with E-state index in [9.17, 15) is 4.79 Å². The number of aliphatic carboxylic acids is 1. The highest BCUT2D eigenvalue weighted by atomic mass is 127. The van der Waals surface area contributed by atoms with E-state index in [2.05, 4.69) is 40.8 Å². The molecule has 1 N–H and O–H groups in total. The molecule has 0 unspecified atom stereocenters. The minimum Gasteiger partial charge on any atom is -0.481 e. The summed E-state index contributed by atoms with van der Waals surface area (Å²) in [5.41, 5.74) is 0. The zero-order chi connectivity index (χ0) is 9.94. The first kappa shape index (κ1) is 12.7. The number of halogens is 1. The van der Waals surface area contributed by atoms with Gasteiger partial charge in [-0.05, 0) is 29.8 Å². The monoisotopic (exact) mass is 294 g/mol. The number of unbranched alkanes of at least 4 members (excludes halogenated alkanes) is 2. The summed E-state index contributed by atoms with van der Waals surface area (Å²) in [4.78, 5) is 10.1. The van der Waals surface area contributed by atoms with Gasteiger partial charge in [-0.1, -0.05) is 40.8 Å². The van der Waals surface area contributed by atoms with Crippen molar-refractivity contribution in [1.82, 2.24) is 0 Å². The van der Waals surface area contributed by atoms with E-state index in [1.54, 1.807) is 0 Å². The number of rotatable bonds is 7. The number of carbonyl (C=O) groups is 1. The molecule has 0 aliphatic rings. The van der Waals surface area contributed by atoms with Crippen LogP contribution in [0, 0.1) is 0 Å². The van der Waals surface area contributed by atoms with E-state index in [1.165, 1.54) is 0 Å². The third-order valence-corrected chi connectivity index (χ3v) is 2.03. The van der Waals surface area contributed by atoms with Crippen LogP contribution in [0.4, 0.5) is 0 Å². The number of hydrogen-bond donors (Lipinski definition) is 1. The second-order valence-electron chi connectivity index (χ2n) is 2.70. The average Bonchev–Trinajstić information content (AvgIpc) is 2.09. The Morgan fingerprint density at radius 1 is 1.15 bits per heavy atom. The Bertz CT molecular complexity index is 185. The lowest BCUT2D eigenvalue weighted by molar-refractivity contribution is -0.137. The summed E-state index contributed by atoms with van der Waals surface area (Å²) in [5.74, 6) is -0.707. The van der Waals surface area contributed by atoms with E-state index in [-0.39, 0.29) is 6.42 Å². The van der Waals surface area contributed by atoms with Crippen molar-refractivity contribution in [3.8, 4) is 0 Å². The molecule has 0 bridgehead atoms. The molecule has 0 saturated carbocycles. The van der Waals surface area contributed by atoms with Crippen LogP contribution >= 0.6 is 22.6 Å². The van der Waals surface area contributed by atoms with E-state index in [0.29, 0.717) is 0 Å². The Hall–Kier alpha value is -0.320. The van der Waals surface area contributed by atoms with Crippen molar-refractivity contribution in [2.24, 2.45) is 0 Å². The van der Waals surface area contributed by atoms with Gasteiger partial charge in [-0.25, -0.2) is 0 Å². The van der Waals surface area contributed by atoms with Crippen molar-refractivity contribution in [2.75, 3.05) is 0 Å². The van der Waals surface area contributed by atoms with Crippen LogP contribution in [-0.2, 0) is 4.79 Å².